The Morgan fingerprint density at radius 2 is 0.625 bits per heavy atom. The van der Waals surface area contributed by atoms with Crippen LogP contribution in [-0.4, -0.2) is 47.4 Å². The first-order valence-electron chi connectivity index (χ1n) is 36.2. The maximum absolute atomic E-state index is 12.5. The Balaban J connectivity index is 3.34. The molecule has 0 aliphatic rings. The van der Waals surface area contributed by atoms with Crippen molar-refractivity contribution in [2.24, 2.45) is 0 Å². The molecule has 0 saturated carbocycles. The number of esters is 1. The van der Waals surface area contributed by atoms with Gasteiger partial charge < -0.3 is 20.3 Å². The molecule has 0 spiro atoms. The van der Waals surface area contributed by atoms with Crippen molar-refractivity contribution in [1.82, 2.24) is 5.32 Å². The Labute approximate surface area is 500 Å². The molecular formula is C74H141NO5. The van der Waals surface area contributed by atoms with Crippen LogP contribution in [0.1, 0.15) is 399 Å². The van der Waals surface area contributed by atoms with Crippen molar-refractivity contribution in [3.8, 4) is 0 Å². The highest BCUT2D eigenvalue weighted by molar-refractivity contribution is 5.76. The van der Waals surface area contributed by atoms with Crippen LogP contribution in [0.5, 0.6) is 0 Å². The van der Waals surface area contributed by atoms with E-state index in [-0.39, 0.29) is 18.5 Å². The van der Waals surface area contributed by atoms with Crippen LogP contribution in [0.4, 0.5) is 0 Å². The molecular weight excluding hydrogens is 983 g/mol. The number of aliphatic hydroxyl groups excluding tert-OH is 2. The molecule has 3 N–H and O–H groups in total. The number of aliphatic hydroxyl groups is 2. The predicted molar refractivity (Wildman–Crippen MR) is 352 cm³/mol. The summed E-state index contributed by atoms with van der Waals surface area (Å²) in [5.41, 5.74) is 0. The van der Waals surface area contributed by atoms with Crippen LogP contribution in [0.15, 0.2) is 36.5 Å². The molecule has 0 bridgehead atoms. The Kier molecular flexibility index (Phi) is 67.9. The van der Waals surface area contributed by atoms with Crippen molar-refractivity contribution in [1.29, 1.82) is 0 Å². The van der Waals surface area contributed by atoms with Crippen LogP contribution in [-0.2, 0) is 14.3 Å². The van der Waals surface area contributed by atoms with E-state index in [4.69, 9.17) is 4.74 Å². The van der Waals surface area contributed by atoms with Crippen LogP contribution < -0.4 is 5.32 Å². The van der Waals surface area contributed by atoms with Gasteiger partial charge in [-0.1, -0.05) is 339 Å². The highest BCUT2D eigenvalue weighted by Gasteiger charge is 2.20. The molecule has 0 heterocycles. The third-order valence-electron chi connectivity index (χ3n) is 16.9. The fraction of sp³-hybridized carbons (Fsp3) is 0.892. The molecule has 80 heavy (non-hydrogen) atoms. The van der Waals surface area contributed by atoms with Crippen LogP contribution in [0.3, 0.4) is 0 Å². The molecule has 472 valence electrons. The number of carbonyl (C=O) groups is 2. The van der Waals surface area contributed by atoms with Crippen molar-refractivity contribution in [2.45, 2.75) is 411 Å². The predicted octanol–water partition coefficient (Wildman–Crippen LogP) is 23.5. The second-order valence-corrected chi connectivity index (χ2v) is 24.9. The number of allylic oxidation sites excluding steroid dienone is 6. The summed E-state index contributed by atoms with van der Waals surface area (Å²) in [6, 6.07) is -0.539. The monoisotopic (exact) mass is 1120 g/mol. The van der Waals surface area contributed by atoms with Gasteiger partial charge in [-0.25, -0.2) is 0 Å². The van der Waals surface area contributed by atoms with Gasteiger partial charge in [-0.15, -0.1) is 0 Å². The number of amides is 1. The zero-order chi connectivity index (χ0) is 57.8. The topological polar surface area (TPSA) is 95.9 Å². The molecule has 2 atom stereocenters. The second kappa shape index (κ2) is 69.6. The number of hydrogen-bond acceptors (Lipinski definition) is 5. The highest BCUT2D eigenvalue weighted by atomic mass is 16.5. The standard InChI is InChI=1S/C74H141NO5/c1-3-5-7-9-11-13-15-17-18-19-33-37-40-44-48-52-56-60-64-68-74(79)80-69-65-61-57-53-49-45-41-38-35-32-30-28-26-24-22-20-21-23-25-27-29-31-34-36-39-43-47-51-55-59-63-67-73(78)75-71(70-76)72(77)66-62-58-54-50-46-42-16-14-12-10-8-6-4-2/h11,13,17-18,22,24,71-72,76-77H,3-10,12,14-16,19-21,23,25-70H2,1-2H3,(H,75,78)/b13-11-,18-17-,24-22-. The fourth-order valence-electron chi connectivity index (χ4n) is 11.4. The summed E-state index contributed by atoms with van der Waals surface area (Å²) >= 11 is 0. The number of rotatable bonds is 68. The lowest BCUT2D eigenvalue weighted by atomic mass is 10.0. The minimum atomic E-state index is -0.662. The van der Waals surface area contributed by atoms with Gasteiger partial charge >= 0.3 is 5.97 Å². The molecule has 0 aromatic carbocycles. The van der Waals surface area contributed by atoms with Gasteiger partial charge in [-0.05, 0) is 83.5 Å². The van der Waals surface area contributed by atoms with Gasteiger partial charge in [0.1, 0.15) is 0 Å². The van der Waals surface area contributed by atoms with Gasteiger partial charge in [-0.2, -0.15) is 0 Å². The van der Waals surface area contributed by atoms with E-state index in [1.54, 1.807) is 0 Å². The summed E-state index contributed by atoms with van der Waals surface area (Å²) in [6.45, 7) is 4.95. The second-order valence-electron chi connectivity index (χ2n) is 24.9. The van der Waals surface area contributed by atoms with E-state index in [2.05, 4.69) is 55.6 Å². The van der Waals surface area contributed by atoms with Crippen LogP contribution in [0, 0.1) is 0 Å². The maximum atomic E-state index is 12.5. The molecule has 0 fully saturated rings. The van der Waals surface area contributed by atoms with Crippen molar-refractivity contribution < 1.29 is 24.5 Å². The van der Waals surface area contributed by atoms with Gasteiger partial charge in [0.15, 0.2) is 0 Å². The van der Waals surface area contributed by atoms with Crippen molar-refractivity contribution in [3.05, 3.63) is 36.5 Å². The normalized spacial score (nSPS) is 12.7. The van der Waals surface area contributed by atoms with Crippen molar-refractivity contribution >= 4 is 11.9 Å². The first-order valence-corrected chi connectivity index (χ1v) is 36.2. The lowest BCUT2D eigenvalue weighted by Gasteiger charge is -2.22. The third kappa shape index (κ3) is 65.2. The molecule has 0 aromatic heterocycles. The molecule has 0 aliphatic carbocycles. The quantitative estimate of drug-likeness (QED) is 0.0320. The largest absolute Gasteiger partial charge is 0.466 e. The molecule has 6 nitrogen and oxygen atoms in total. The zero-order valence-electron chi connectivity index (χ0n) is 54.1. The van der Waals surface area contributed by atoms with E-state index < -0.39 is 12.1 Å². The lowest BCUT2D eigenvalue weighted by molar-refractivity contribution is -0.143. The fourth-order valence-corrected chi connectivity index (χ4v) is 11.4. The summed E-state index contributed by atoms with van der Waals surface area (Å²) in [7, 11) is 0. The summed E-state index contributed by atoms with van der Waals surface area (Å²) in [5.74, 6) is -0.0167. The van der Waals surface area contributed by atoms with Crippen LogP contribution in [0.2, 0.25) is 0 Å². The number of hydrogen-bond donors (Lipinski definition) is 3. The average Bonchev–Trinajstić information content (AvgIpc) is 3.46. The third-order valence-corrected chi connectivity index (χ3v) is 16.9. The molecule has 1 amide bonds. The minimum Gasteiger partial charge on any atom is -0.466 e. The highest BCUT2D eigenvalue weighted by Crippen LogP contribution is 2.19. The Morgan fingerprint density at radius 1 is 0.350 bits per heavy atom. The molecule has 0 aromatic rings. The molecule has 0 aliphatic heterocycles. The van der Waals surface area contributed by atoms with Gasteiger partial charge in [-0.3, -0.25) is 9.59 Å². The molecule has 0 saturated heterocycles. The van der Waals surface area contributed by atoms with Crippen molar-refractivity contribution in [3.63, 3.8) is 0 Å². The van der Waals surface area contributed by atoms with Gasteiger partial charge in [0, 0.05) is 12.8 Å². The van der Waals surface area contributed by atoms with Gasteiger partial charge in [0.25, 0.3) is 0 Å². The van der Waals surface area contributed by atoms with Crippen molar-refractivity contribution in [2.75, 3.05) is 13.2 Å². The summed E-state index contributed by atoms with van der Waals surface area (Å²) < 4.78 is 5.51. The Bertz CT molecular complexity index is 1300. The molecule has 6 heteroatoms. The van der Waals surface area contributed by atoms with E-state index in [0.29, 0.717) is 25.9 Å². The summed E-state index contributed by atoms with van der Waals surface area (Å²) in [5, 5.41) is 23.3. The first-order chi connectivity index (χ1) is 39.5. The smallest absolute Gasteiger partial charge is 0.305 e. The van der Waals surface area contributed by atoms with Crippen LogP contribution >= 0.6 is 0 Å². The molecule has 0 rings (SSSR count). The van der Waals surface area contributed by atoms with Gasteiger partial charge in [0.05, 0.1) is 25.4 Å². The first kappa shape index (κ1) is 78.1. The minimum absolute atomic E-state index is 0.0143. The Morgan fingerprint density at radius 3 is 0.988 bits per heavy atom. The molecule has 2 unspecified atom stereocenters. The van der Waals surface area contributed by atoms with Crippen LogP contribution in [0.25, 0.3) is 0 Å². The van der Waals surface area contributed by atoms with Gasteiger partial charge in [0.2, 0.25) is 5.91 Å². The number of nitrogens with one attached hydrogen (secondary N) is 1. The average molecular weight is 1120 g/mol. The summed E-state index contributed by atoms with van der Waals surface area (Å²) in [4.78, 5) is 24.6. The van der Waals surface area contributed by atoms with E-state index in [0.717, 1.165) is 51.4 Å². The van der Waals surface area contributed by atoms with E-state index >= 15 is 0 Å². The number of ether oxygens (including phenoxy) is 1. The summed E-state index contributed by atoms with van der Waals surface area (Å²) in [6.07, 6.45) is 89.2. The lowest BCUT2D eigenvalue weighted by Crippen LogP contribution is -2.45. The Hall–Kier alpha value is -1.92. The molecule has 0 radical (unpaired) electrons. The van der Waals surface area contributed by atoms with E-state index in [1.165, 1.54) is 315 Å². The zero-order valence-corrected chi connectivity index (χ0v) is 54.1. The van der Waals surface area contributed by atoms with E-state index in [9.17, 15) is 19.8 Å². The SMILES string of the molecule is CCCCC/C=C\C/C=C\CCCCCCCCCCCC(=O)OCCCCCCCCCCCCCC/C=C\CCCCCCCCCCCCCCCCCC(=O)NC(CO)C(O)CCCCCCCCCCCCCCC. The van der Waals surface area contributed by atoms with E-state index in [1.807, 2.05) is 0 Å². The number of unbranched alkanes of at least 4 members (excludes halogenated alkanes) is 51. The number of carbonyl (C=O) groups excluding carboxylic acids is 2. The maximum Gasteiger partial charge on any atom is 0.305 e.